The van der Waals surface area contributed by atoms with Gasteiger partial charge in [-0.1, -0.05) is 18.2 Å². The summed E-state index contributed by atoms with van der Waals surface area (Å²) in [7, 11) is 3.05. The molecule has 7 heteroatoms. The zero-order chi connectivity index (χ0) is 21.0. The number of ketones is 1. The first-order chi connectivity index (χ1) is 14.0. The van der Waals surface area contributed by atoms with Gasteiger partial charge in [-0.25, -0.2) is 4.39 Å². The number of amides is 1. The van der Waals surface area contributed by atoms with Gasteiger partial charge in [0.2, 0.25) is 0 Å². The summed E-state index contributed by atoms with van der Waals surface area (Å²) in [6, 6.07) is 11.3. The third-order valence-electron chi connectivity index (χ3n) is 4.85. The summed E-state index contributed by atoms with van der Waals surface area (Å²) in [5.74, 6) is -1.95. The number of carbonyl (C=O) groups excluding carboxylic acids is 2. The predicted molar refractivity (Wildman–Crippen MR) is 105 cm³/mol. The second-order valence-electron chi connectivity index (χ2n) is 6.59. The van der Waals surface area contributed by atoms with E-state index in [1.807, 2.05) is 0 Å². The van der Waals surface area contributed by atoms with Crippen LogP contribution in [0.2, 0.25) is 0 Å². The Balaban J connectivity index is 2.12. The Labute approximate surface area is 168 Å². The number of ether oxygens (including phenoxy) is 2. The highest BCUT2D eigenvalue weighted by Crippen LogP contribution is 2.40. The minimum atomic E-state index is -1.02. The van der Waals surface area contributed by atoms with Gasteiger partial charge in [-0.15, -0.1) is 0 Å². The fourth-order valence-electron chi connectivity index (χ4n) is 3.41. The van der Waals surface area contributed by atoms with E-state index in [4.69, 9.17) is 9.47 Å². The number of Topliss-reactive ketones (excluding diaryl/α,β-unsaturated/α-hetero) is 1. The maximum absolute atomic E-state index is 14.6. The Bertz CT molecular complexity index is 938. The molecule has 1 aliphatic rings. The third-order valence-corrected chi connectivity index (χ3v) is 4.85. The van der Waals surface area contributed by atoms with E-state index >= 15 is 0 Å². The number of aliphatic hydroxyl groups is 1. The highest BCUT2D eigenvalue weighted by Gasteiger charge is 2.46. The number of benzene rings is 2. The summed E-state index contributed by atoms with van der Waals surface area (Å²) in [6.45, 7) is 0.572. The van der Waals surface area contributed by atoms with Crippen LogP contribution in [-0.2, 0) is 14.3 Å². The molecule has 1 saturated heterocycles. The fraction of sp³-hybridized carbons (Fsp3) is 0.273. The zero-order valence-corrected chi connectivity index (χ0v) is 16.2. The topological polar surface area (TPSA) is 76.1 Å². The molecule has 0 bridgehead atoms. The van der Waals surface area contributed by atoms with Crippen LogP contribution < -0.4 is 4.74 Å². The van der Waals surface area contributed by atoms with Gasteiger partial charge in [0.1, 0.15) is 17.3 Å². The molecular formula is C22H22FNO5. The lowest BCUT2D eigenvalue weighted by molar-refractivity contribution is -0.140. The molecular weight excluding hydrogens is 377 g/mol. The monoisotopic (exact) mass is 399 g/mol. The van der Waals surface area contributed by atoms with Crippen molar-refractivity contribution in [2.24, 2.45) is 0 Å². The Morgan fingerprint density at radius 1 is 1.10 bits per heavy atom. The number of hydrogen-bond acceptors (Lipinski definition) is 5. The normalized spacial score (nSPS) is 18.3. The molecule has 152 valence electrons. The van der Waals surface area contributed by atoms with Gasteiger partial charge < -0.3 is 19.5 Å². The predicted octanol–water partition coefficient (Wildman–Crippen LogP) is 3.29. The summed E-state index contributed by atoms with van der Waals surface area (Å²) < 4.78 is 24.7. The van der Waals surface area contributed by atoms with Gasteiger partial charge in [0.15, 0.2) is 0 Å². The number of hydrogen-bond donors (Lipinski definition) is 1. The van der Waals surface area contributed by atoms with Crippen molar-refractivity contribution >= 4 is 17.4 Å². The van der Waals surface area contributed by atoms with Crippen molar-refractivity contribution in [1.82, 2.24) is 4.90 Å². The van der Waals surface area contributed by atoms with Crippen molar-refractivity contribution in [1.29, 1.82) is 0 Å². The molecule has 6 nitrogen and oxygen atoms in total. The van der Waals surface area contributed by atoms with Crippen LogP contribution >= 0.6 is 0 Å². The Kier molecular flexibility index (Phi) is 6.29. The minimum Gasteiger partial charge on any atom is -0.507 e. The number of likely N-dealkylation sites (tertiary alicyclic amines) is 1. The van der Waals surface area contributed by atoms with E-state index in [2.05, 4.69) is 0 Å². The van der Waals surface area contributed by atoms with E-state index in [0.29, 0.717) is 24.3 Å². The number of methoxy groups -OCH3 is 2. The van der Waals surface area contributed by atoms with E-state index in [1.165, 1.54) is 37.3 Å². The van der Waals surface area contributed by atoms with Crippen LogP contribution in [0.3, 0.4) is 0 Å². The number of nitrogens with zero attached hydrogens (tertiary/aromatic N) is 1. The summed E-state index contributed by atoms with van der Waals surface area (Å²) in [6.07, 6.45) is 0.469. The van der Waals surface area contributed by atoms with Gasteiger partial charge in [-0.3, -0.25) is 9.59 Å². The van der Waals surface area contributed by atoms with Crippen LogP contribution in [0.5, 0.6) is 5.75 Å². The zero-order valence-electron chi connectivity index (χ0n) is 16.2. The molecule has 29 heavy (non-hydrogen) atoms. The smallest absolute Gasteiger partial charge is 0.295 e. The Hall–Kier alpha value is -3.19. The molecule has 1 heterocycles. The molecule has 2 aromatic carbocycles. The number of carbonyl (C=O) groups is 2. The molecule has 0 radical (unpaired) electrons. The van der Waals surface area contributed by atoms with Gasteiger partial charge in [-0.2, -0.15) is 0 Å². The summed E-state index contributed by atoms with van der Waals surface area (Å²) in [5, 5.41) is 10.9. The largest absolute Gasteiger partial charge is 0.507 e. The summed E-state index contributed by atoms with van der Waals surface area (Å²) >= 11 is 0. The van der Waals surface area contributed by atoms with Crippen molar-refractivity contribution < 1.29 is 28.6 Å². The van der Waals surface area contributed by atoms with Crippen LogP contribution in [-0.4, -0.2) is 49.1 Å². The van der Waals surface area contributed by atoms with Crippen LogP contribution in [0, 0.1) is 5.82 Å². The molecule has 0 saturated carbocycles. The molecule has 1 amide bonds. The minimum absolute atomic E-state index is 0.136. The van der Waals surface area contributed by atoms with Crippen molar-refractivity contribution in [3.05, 3.63) is 71.0 Å². The van der Waals surface area contributed by atoms with E-state index in [0.717, 1.165) is 0 Å². The average molecular weight is 399 g/mol. The molecule has 1 aliphatic heterocycles. The lowest BCUT2D eigenvalue weighted by Crippen LogP contribution is -2.31. The standard InChI is InChI=1S/C22H22FNO5/c1-28-13-5-12-24-19(16-6-3-4-7-17(16)23)18(21(26)22(24)27)20(25)14-8-10-15(29-2)11-9-14/h3-4,6-11,19,25H,5,12-13H2,1-2H3/b20-18+/t19-/m0/s1. The third kappa shape index (κ3) is 4.00. The summed E-state index contributed by atoms with van der Waals surface area (Å²) in [4.78, 5) is 26.8. The fourth-order valence-corrected chi connectivity index (χ4v) is 3.41. The molecule has 0 aliphatic carbocycles. The van der Waals surface area contributed by atoms with Gasteiger partial charge in [0, 0.05) is 31.4 Å². The van der Waals surface area contributed by atoms with E-state index in [-0.39, 0.29) is 23.4 Å². The van der Waals surface area contributed by atoms with E-state index in [1.54, 1.807) is 30.3 Å². The average Bonchev–Trinajstić information content (AvgIpc) is 2.98. The first-order valence-corrected chi connectivity index (χ1v) is 9.15. The van der Waals surface area contributed by atoms with Crippen LogP contribution in [0.1, 0.15) is 23.6 Å². The first-order valence-electron chi connectivity index (χ1n) is 9.15. The second kappa shape index (κ2) is 8.87. The highest BCUT2D eigenvalue weighted by atomic mass is 19.1. The van der Waals surface area contributed by atoms with Crippen molar-refractivity contribution in [3.63, 3.8) is 0 Å². The van der Waals surface area contributed by atoms with Crippen LogP contribution in [0.4, 0.5) is 4.39 Å². The molecule has 0 spiro atoms. The van der Waals surface area contributed by atoms with E-state index < -0.39 is 23.5 Å². The molecule has 1 atom stereocenters. The van der Waals surface area contributed by atoms with Crippen molar-refractivity contribution in [2.45, 2.75) is 12.5 Å². The number of halogens is 1. The lowest BCUT2D eigenvalue weighted by Gasteiger charge is -2.25. The maximum atomic E-state index is 14.6. The molecule has 0 aromatic heterocycles. The number of rotatable bonds is 7. The van der Waals surface area contributed by atoms with Crippen LogP contribution in [0.25, 0.3) is 5.76 Å². The van der Waals surface area contributed by atoms with Crippen molar-refractivity contribution in [3.8, 4) is 5.75 Å². The molecule has 1 N–H and O–H groups in total. The quantitative estimate of drug-likeness (QED) is 0.335. The number of aliphatic hydroxyl groups excluding tert-OH is 1. The SMILES string of the molecule is COCCCN1C(=O)C(=O)/C(=C(/O)c2ccc(OC)cc2)[C@@H]1c1ccccc1F. The van der Waals surface area contributed by atoms with Gasteiger partial charge in [0.05, 0.1) is 18.7 Å². The molecule has 1 fully saturated rings. The first kappa shape index (κ1) is 20.5. The Morgan fingerprint density at radius 2 is 1.79 bits per heavy atom. The van der Waals surface area contributed by atoms with Gasteiger partial charge in [0.25, 0.3) is 11.7 Å². The highest BCUT2D eigenvalue weighted by molar-refractivity contribution is 6.46. The second-order valence-corrected chi connectivity index (χ2v) is 6.59. The maximum Gasteiger partial charge on any atom is 0.295 e. The summed E-state index contributed by atoms with van der Waals surface area (Å²) in [5.41, 5.74) is 0.351. The van der Waals surface area contributed by atoms with E-state index in [9.17, 15) is 19.1 Å². The van der Waals surface area contributed by atoms with Crippen LogP contribution in [0.15, 0.2) is 54.1 Å². The Morgan fingerprint density at radius 3 is 2.41 bits per heavy atom. The lowest BCUT2D eigenvalue weighted by atomic mass is 9.95. The molecule has 3 rings (SSSR count). The molecule has 2 aromatic rings. The molecule has 0 unspecified atom stereocenters. The van der Waals surface area contributed by atoms with Gasteiger partial charge >= 0.3 is 0 Å². The van der Waals surface area contributed by atoms with Crippen molar-refractivity contribution in [2.75, 3.05) is 27.4 Å². The van der Waals surface area contributed by atoms with Gasteiger partial charge in [-0.05, 0) is 36.8 Å².